The van der Waals surface area contributed by atoms with Gasteiger partial charge in [0, 0.05) is 24.2 Å². The average molecular weight is 661 g/mol. The fraction of sp³-hybridized carbons (Fsp3) is 0.571. The molecule has 6 nitrogen and oxygen atoms in total. The third-order valence-corrected chi connectivity index (χ3v) is 9.49. The standard InChI is InChI=1S/C42H60O6/c1-7-9-10-14-32-17-19-34(20-18-32)35-21-22-39(33(8-2)27-35)38-28-36(15-11-24-47-41(44)30(3)4)40(46-26-13-23-43)37(29-38)16-12-25-48-42(45)31(5)6/h21-22,27-29,32,34,43H,3,5,7-20,23-26H2,1-2,4,6H3. The van der Waals surface area contributed by atoms with Crippen molar-refractivity contribution in [1.29, 1.82) is 0 Å². The summed E-state index contributed by atoms with van der Waals surface area (Å²) in [7, 11) is 0. The number of esters is 2. The smallest absolute Gasteiger partial charge is 0.333 e. The quantitative estimate of drug-likeness (QED) is 0.0816. The molecule has 2 aromatic carbocycles. The van der Waals surface area contributed by atoms with Gasteiger partial charge >= 0.3 is 11.9 Å². The van der Waals surface area contributed by atoms with Gasteiger partial charge in [-0.25, -0.2) is 9.59 Å². The molecule has 0 aliphatic heterocycles. The summed E-state index contributed by atoms with van der Waals surface area (Å²) in [5, 5.41) is 9.46. The highest BCUT2D eigenvalue weighted by Crippen LogP contribution is 2.40. The molecule has 3 rings (SSSR count). The minimum Gasteiger partial charge on any atom is -0.493 e. The van der Waals surface area contributed by atoms with E-state index < -0.39 is 0 Å². The Hall–Kier alpha value is -3.38. The molecule has 1 aliphatic carbocycles. The van der Waals surface area contributed by atoms with E-state index in [1.807, 2.05) is 0 Å². The summed E-state index contributed by atoms with van der Waals surface area (Å²) < 4.78 is 17.1. The molecule has 0 radical (unpaired) electrons. The van der Waals surface area contributed by atoms with Crippen molar-refractivity contribution in [3.8, 4) is 16.9 Å². The van der Waals surface area contributed by atoms with Crippen molar-refractivity contribution in [1.82, 2.24) is 0 Å². The molecule has 1 saturated carbocycles. The molecule has 6 heteroatoms. The number of aliphatic hydroxyl groups is 1. The zero-order valence-electron chi connectivity index (χ0n) is 30.2. The number of hydrogen-bond acceptors (Lipinski definition) is 6. The first kappa shape index (κ1) is 39.1. The van der Waals surface area contributed by atoms with Crippen LogP contribution in [-0.2, 0) is 38.3 Å². The molecule has 264 valence electrons. The Morgan fingerprint density at radius 2 is 1.38 bits per heavy atom. The van der Waals surface area contributed by atoms with Gasteiger partial charge in [0.2, 0.25) is 0 Å². The highest BCUT2D eigenvalue weighted by Gasteiger charge is 2.23. The molecule has 48 heavy (non-hydrogen) atoms. The van der Waals surface area contributed by atoms with Gasteiger partial charge in [0.1, 0.15) is 5.75 Å². The van der Waals surface area contributed by atoms with Crippen LogP contribution < -0.4 is 4.74 Å². The van der Waals surface area contributed by atoms with Gasteiger partial charge in [0.05, 0.1) is 19.8 Å². The lowest BCUT2D eigenvalue weighted by Crippen LogP contribution is -2.13. The summed E-state index contributed by atoms with van der Waals surface area (Å²) in [4.78, 5) is 24.0. The van der Waals surface area contributed by atoms with Crippen molar-refractivity contribution in [2.75, 3.05) is 26.4 Å². The molecule has 0 spiro atoms. The van der Waals surface area contributed by atoms with Crippen LogP contribution in [0.4, 0.5) is 0 Å². The summed E-state index contributed by atoms with van der Waals surface area (Å²) in [5.74, 6) is 1.55. The van der Waals surface area contributed by atoms with Crippen LogP contribution in [0.1, 0.15) is 126 Å². The van der Waals surface area contributed by atoms with E-state index >= 15 is 0 Å². The van der Waals surface area contributed by atoms with E-state index in [0.717, 1.165) is 34.8 Å². The minimum absolute atomic E-state index is 0.0448. The van der Waals surface area contributed by atoms with Gasteiger partial charge in [-0.3, -0.25) is 0 Å². The zero-order valence-corrected chi connectivity index (χ0v) is 30.2. The van der Waals surface area contributed by atoms with Crippen LogP contribution >= 0.6 is 0 Å². The summed E-state index contributed by atoms with van der Waals surface area (Å²) in [6.07, 6.45) is 14.7. The lowest BCUT2D eigenvalue weighted by atomic mass is 9.76. The van der Waals surface area contributed by atoms with Gasteiger partial charge in [0.15, 0.2) is 0 Å². The molecule has 0 bridgehead atoms. The van der Waals surface area contributed by atoms with Crippen molar-refractivity contribution in [2.45, 2.75) is 124 Å². The van der Waals surface area contributed by atoms with Crippen molar-refractivity contribution in [2.24, 2.45) is 5.92 Å². The summed E-state index contributed by atoms with van der Waals surface area (Å²) in [6, 6.07) is 11.5. The minimum atomic E-state index is -0.383. The van der Waals surface area contributed by atoms with Crippen molar-refractivity contribution in [3.63, 3.8) is 0 Å². The van der Waals surface area contributed by atoms with Gasteiger partial charge in [-0.2, -0.15) is 0 Å². The Kier molecular flexibility index (Phi) is 17.0. The summed E-state index contributed by atoms with van der Waals surface area (Å²) in [5.41, 5.74) is 8.01. The van der Waals surface area contributed by atoms with E-state index in [1.165, 1.54) is 68.1 Å². The molecule has 0 aromatic heterocycles. The van der Waals surface area contributed by atoms with Crippen LogP contribution in [0.3, 0.4) is 0 Å². The number of unbranched alkanes of at least 4 members (excludes halogenated alkanes) is 2. The molecule has 0 amide bonds. The van der Waals surface area contributed by atoms with Crippen LogP contribution in [0.25, 0.3) is 11.1 Å². The second kappa shape index (κ2) is 20.9. The van der Waals surface area contributed by atoms with E-state index in [2.05, 4.69) is 57.3 Å². The van der Waals surface area contributed by atoms with Crippen molar-refractivity contribution < 1.29 is 28.9 Å². The number of aliphatic hydroxyl groups excluding tert-OH is 1. The first-order chi connectivity index (χ1) is 23.2. The molecule has 0 heterocycles. The van der Waals surface area contributed by atoms with E-state index in [0.29, 0.717) is 55.8 Å². The Labute approximate surface area is 290 Å². The number of ether oxygens (including phenoxy) is 3. The Balaban J connectivity index is 1.90. The fourth-order valence-corrected chi connectivity index (χ4v) is 6.72. The van der Waals surface area contributed by atoms with Gasteiger partial charge < -0.3 is 19.3 Å². The first-order valence-electron chi connectivity index (χ1n) is 18.4. The van der Waals surface area contributed by atoms with Gasteiger partial charge in [0.25, 0.3) is 0 Å². The van der Waals surface area contributed by atoms with Crippen LogP contribution in [0.15, 0.2) is 54.6 Å². The Morgan fingerprint density at radius 1 is 0.771 bits per heavy atom. The van der Waals surface area contributed by atoms with E-state index in [-0.39, 0.29) is 31.8 Å². The predicted octanol–water partition coefficient (Wildman–Crippen LogP) is 9.64. The molecule has 0 atom stereocenters. The van der Waals surface area contributed by atoms with Crippen LogP contribution in [0, 0.1) is 5.92 Å². The van der Waals surface area contributed by atoms with Gasteiger partial charge in [-0.15, -0.1) is 0 Å². The third kappa shape index (κ3) is 12.3. The third-order valence-electron chi connectivity index (χ3n) is 9.49. The second-order valence-electron chi connectivity index (χ2n) is 13.6. The van der Waals surface area contributed by atoms with E-state index in [4.69, 9.17) is 14.2 Å². The molecular weight excluding hydrogens is 600 g/mol. The molecule has 1 aliphatic rings. The molecule has 2 aromatic rings. The SMILES string of the molecule is C=C(C)C(=O)OCCCc1cc(-c2ccc(C3CCC(CCCCC)CC3)cc2CC)cc(CCCOC(=O)C(=C)C)c1OCCCO. The first-order valence-corrected chi connectivity index (χ1v) is 18.4. The molecule has 0 saturated heterocycles. The summed E-state index contributed by atoms with van der Waals surface area (Å²) in [6.45, 7) is 16.2. The fourth-order valence-electron chi connectivity index (χ4n) is 6.72. The number of rotatable bonds is 21. The number of benzene rings is 2. The normalized spacial score (nSPS) is 15.9. The lowest BCUT2D eigenvalue weighted by molar-refractivity contribution is -0.139. The van der Waals surface area contributed by atoms with Crippen LogP contribution in [0.2, 0.25) is 0 Å². The second-order valence-corrected chi connectivity index (χ2v) is 13.6. The monoisotopic (exact) mass is 660 g/mol. The van der Waals surface area contributed by atoms with Gasteiger partial charge in [-0.1, -0.05) is 70.9 Å². The highest BCUT2D eigenvalue weighted by atomic mass is 16.5. The lowest BCUT2D eigenvalue weighted by Gasteiger charge is -2.29. The highest BCUT2D eigenvalue weighted by molar-refractivity contribution is 5.87. The maximum atomic E-state index is 12.0. The molecular formula is C42H60O6. The maximum absolute atomic E-state index is 12.0. The van der Waals surface area contributed by atoms with Crippen LogP contribution in [-0.4, -0.2) is 43.5 Å². The molecule has 1 fully saturated rings. The molecule has 1 N–H and O–H groups in total. The average Bonchev–Trinajstić information content (AvgIpc) is 3.09. The Bertz CT molecular complexity index is 1290. The Morgan fingerprint density at radius 3 is 1.90 bits per heavy atom. The van der Waals surface area contributed by atoms with Gasteiger partial charge in [-0.05, 0) is 129 Å². The van der Waals surface area contributed by atoms with Crippen molar-refractivity contribution in [3.05, 3.63) is 76.9 Å². The molecule has 0 unspecified atom stereocenters. The van der Waals surface area contributed by atoms with E-state index in [9.17, 15) is 14.7 Å². The maximum Gasteiger partial charge on any atom is 0.333 e. The largest absolute Gasteiger partial charge is 0.493 e. The van der Waals surface area contributed by atoms with Crippen molar-refractivity contribution >= 4 is 11.9 Å². The predicted molar refractivity (Wildman–Crippen MR) is 195 cm³/mol. The number of carbonyl (C=O) groups is 2. The number of carbonyl (C=O) groups excluding carboxylic acids is 2. The summed E-state index contributed by atoms with van der Waals surface area (Å²) >= 11 is 0. The van der Waals surface area contributed by atoms with E-state index in [1.54, 1.807) is 13.8 Å². The van der Waals surface area contributed by atoms with Crippen LogP contribution in [0.5, 0.6) is 5.75 Å². The number of aryl methyl sites for hydroxylation is 3. The topological polar surface area (TPSA) is 82.1 Å². The number of hydrogen-bond donors (Lipinski definition) is 1. The zero-order chi connectivity index (χ0) is 34.9.